The van der Waals surface area contributed by atoms with Gasteiger partial charge in [0.25, 0.3) is 0 Å². The lowest BCUT2D eigenvalue weighted by Gasteiger charge is -2.02. The van der Waals surface area contributed by atoms with Gasteiger partial charge in [-0.15, -0.1) is 0 Å². The van der Waals surface area contributed by atoms with Crippen molar-refractivity contribution in [3.8, 4) is 0 Å². The molecule has 20 heavy (non-hydrogen) atoms. The number of ketones is 1. The number of Topliss-reactive ketones (excluding diaryl/α,β-unsaturated/α-hetero) is 1. The standard InChI is InChI=1S/C16H15N3O/c1-11-6-5-8-13(17-11)15(20)10-16-18-12-7-3-4-9-14(12)19(16)2/h3-9H,10H2,1-2H3. The summed E-state index contributed by atoms with van der Waals surface area (Å²) in [6, 6.07) is 13.4. The van der Waals surface area contributed by atoms with Crippen molar-refractivity contribution in [2.75, 3.05) is 0 Å². The Morgan fingerprint density at radius 1 is 1.10 bits per heavy atom. The Kier molecular flexibility index (Phi) is 3.06. The van der Waals surface area contributed by atoms with Gasteiger partial charge in [-0.25, -0.2) is 4.98 Å². The summed E-state index contributed by atoms with van der Waals surface area (Å²) in [5.41, 5.74) is 3.29. The molecule has 0 aliphatic heterocycles. The number of aromatic nitrogens is 3. The molecule has 0 aliphatic rings. The van der Waals surface area contributed by atoms with E-state index >= 15 is 0 Å². The van der Waals surface area contributed by atoms with Gasteiger partial charge in [0.2, 0.25) is 0 Å². The summed E-state index contributed by atoms with van der Waals surface area (Å²) in [4.78, 5) is 21.1. The number of para-hydroxylation sites is 2. The SMILES string of the molecule is Cc1cccc(C(=O)Cc2nc3ccccc3n2C)n1. The monoisotopic (exact) mass is 265 g/mol. The fourth-order valence-corrected chi connectivity index (χ4v) is 2.29. The maximum Gasteiger partial charge on any atom is 0.188 e. The predicted molar refractivity (Wildman–Crippen MR) is 77.7 cm³/mol. The summed E-state index contributed by atoms with van der Waals surface area (Å²) in [5, 5.41) is 0. The Balaban J connectivity index is 1.93. The molecule has 0 fully saturated rings. The van der Waals surface area contributed by atoms with Crippen molar-refractivity contribution in [2.24, 2.45) is 7.05 Å². The number of nitrogens with zero attached hydrogens (tertiary/aromatic N) is 3. The highest BCUT2D eigenvalue weighted by Gasteiger charge is 2.14. The molecule has 0 bridgehead atoms. The molecule has 1 aromatic carbocycles. The van der Waals surface area contributed by atoms with Crippen molar-refractivity contribution in [1.29, 1.82) is 0 Å². The lowest BCUT2D eigenvalue weighted by Crippen LogP contribution is -2.10. The number of hydrogen-bond acceptors (Lipinski definition) is 3. The van der Waals surface area contributed by atoms with Gasteiger partial charge in [-0.05, 0) is 31.2 Å². The molecule has 3 rings (SSSR count). The second kappa shape index (κ2) is 4.89. The van der Waals surface area contributed by atoms with Crippen LogP contribution in [0.4, 0.5) is 0 Å². The summed E-state index contributed by atoms with van der Waals surface area (Å²) in [6.07, 6.45) is 0.266. The number of imidazole rings is 1. The van der Waals surface area contributed by atoms with E-state index in [0.29, 0.717) is 5.69 Å². The van der Waals surface area contributed by atoms with Crippen LogP contribution < -0.4 is 0 Å². The Morgan fingerprint density at radius 3 is 2.65 bits per heavy atom. The number of rotatable bonds is 3. The minimum Gasteiger partial charge on any atom is -0.331 e. The van der Waals surface area contributed by atoms with Crippen molar-refractivity contribution >= 4 is 16.8 Å². The molecule has 4 heteroatoms. The van der Waals surface area contributed by atoms with Crippen molar-refractivity contribution in [1.82, 2.24) is 14.5 Å². The summed E-state index contributed by atoms with van der Waals surface area (Å²) >= 11 is 0. The minimum atomic E-state index is -0.00731. The Bertz CT molecular complexity index is 789. The molecule has 0 saturated heterocycles. The van der Waals surface area contributed by atoms with Crippen molar-refractivity contribution in [3.63, 3.8) is 0 Å². The fraction of sp³-hybridized carbons (Fsp3) is 0.188. The summed E-state index contributed by atoms with van der Waals surface area (Å²) < 4.78 is 1.96. The molecule has 0 amide bonds. The summed E-state index contributed by atoms with van der Waals surface area (Å²) in [5.74, 6) is 0.756. The van der Waals surface area contributed by atoms with Gasteiger partial charge in [0.1, 0.15) is 11.5 Å². The zero-order chi connectivity index (χ0) is 14.1. The van der Waals surface area contributed by atoms with Gasteiger partial charge >= 0.3 is 0 Å². The van der Waals surface area contributed by atoms with Crippen LogP contribution in [0.3, 0.4) is 0 Å². The van der Waals surface area contributed by atoms with Crippen LogP contribution in [0, 0.1) is 6.92 Å². The maximum absolute atomic E-state index is 12.3. The van der Waals surface area contributed by atoms with Crippen LogP contribution in [0.5, 0.6) is 0 Å². The van der Waals surface area contributed by atoms with Crippen molar-refractivity contribution < 1.29 is 4.79 Å². The van der Waals surface area contributed by atoms with E-state index in [1.54, 1.807) is 6.07 Å². The highest BCUT2D eigenvalue weighted by atomic mass is 16.1. The molecular weight excluding hydrogens is 250 g/mol. The first-order valence-electron chi connectivity index (χ1n) is 6.52. The predicted octanol–water partition coefficient (Wildman–Crippen LogP) is 2.70. The molecule has 0 saturated carbocycles. The van der Waals surface area contributed by atoms with Crippen LogP contribution in [0.1, 0.15) is 22.0 Å². The fourth-order valence-electron chi connectivity index (χ4n) is 2.29. The third-order valence-corrected chi connectivity index (χ3v) is 3.37. The van der Waals surface area contributed by atoms with Gasteiger partial charge < -0.3 is 4.57 Å². The minimum absolute atomic E-state index is 0.00731. The normalized spacial score (nSPS) is 10.9. The van der Waals surface area contributed by atoms with Crippen molar-refractivity contribution in [3.05, 3.63) is 59.7 Å². The Hall–Kier alpha value is -2.49. The number of pyridine rings is 1. The zero-order valence-electron chi connectivity index (χ0n) is 11.5. The molecule has 0 aliphatic carbocycles. The van der Waals surface area contributed by atoms with E-state index in [1.165, 1.54) is 0 Å². The summed E-state index contributed by atoms with van der Waals surface area (Å²) in [6.45, 7) is 1.88. The van der Waals surface area contributed by atoms with Crippen molar-refractivity contribution in [2.45, 2.75) is 13.3 Å². The van der Waals surface area contributed by atoms with Crippen LogP contribution in [0.2, 0.25) is 0 Å². The van der Waals surface area contributed by atoms with E-state index in [2.05, 4.69) is 9.97 Å². The first kappa shape index (κ1) is 12.5. The average Bonchev–Trinajstić information content (AvgIpc) is 2.76. The second-order valence-electron chi connectivity index (χ2n) is 4.84. The third-order valence-electron chi connectivity index (χ3n) is 3.37. The van der Waals surface area contributed by atoms with E-state index < -0.39 is 0 Å². The van der Waals surface area contributed by atoms with E-state index in [0.717, 1.165) is 22.6 Å². The maximum atomic E-state index is 12.3. The molecule has 2 aromatic heterocycles. The number of carbonyl (C=O) groups is 1. The largest absolute Gasteiger partial charge is 0.331 e. The highest BCUT2D eigenvalue weighted by Crippen LogP contribution is 2.15. The van der Waals surface area contributed by atoms with Gasteiger partial charge in [-0.2, -0.15) is 0 Å². The second-order valence-corrected chi connectivity index (χ2v) is 4.84. The van der Waals surface area contributed by atoms with Gasteiger partial charge in [0, 0.05) is 12.7 Å². The van der Waals surface area contributed by atoms with Gasteiger partial charge in [0.05, 0.1) is 17.5 Å². The molecule has 3 aromatic rings. The molecule has 4 nitrogen and oxygen atoms in total. The number of fused-ring (bicyclic) bond motifs is 1. The van der Waals surface area contributed by atoms with E-state index in [9.17, 15) is 4.79 Å². The van der Waals surface area contributed by atoms with Gasteiger partial charge in [0.15, 0.2) is 5.78 Å². The Labute approximate surface area is 117 Å². The lowest BCUT2D eigenvalue weighted by molar-refractivity contribution is 0.0985. The molecule has 2 heterocycles. The molecule has 0 atom stereocenters. The van der Waals surface area contributed by atoms with Crippen LogP contribution >= 0.6 is 0 Å². The number of hydrogen-bond donors (Lipinski definition) is 0. The number of benzene rings is 1. The van der Waals surface area contributed by atoms with Gasteiger partial charge in [-0.1, -0.05) is 18.2 Å². The molecule has 0 N–H and O–H groups in total. The smallest absolute Gasteiger partial charge is 0.188 e. The molecule has 0 radical (unpaired) electrons. The molecule has 100 valence electrons. The van der Waals surface area contributed by atoms with Crippen LogP contribution in [0.15, 0.2) is 42.5 Å². The summed E-state index contributed by atoms with van der Waals surface area (Å²) in [7, 11) is 1.93. The quantitative estimate of drug-likeness (QED) is 0.684. The van der Waals surface area contributed by atoms with Crippen LogP contribution in [-0.2, 0) is 13.5 Å². The molecule has 0 unspecified atom stereocenters. The van der Waals surface area contributed by atoms with Crippen LogP contribution in [-0.4, -0.2) is 20.3 Å². The van der Waals surface area contributed by atoms with E-state index in [-0.39, 0.29) is 12.2 Å². The number of carbonyl (C=O) groups excluding carboxylic acids is 1. The molecular formula is C16H15N3O. The molecule has 0 spiro atoms. The topological polar surface area (TPSA) is 47.8 Å². The average molecular weight is 265 g/mol. The zero-order valence-corrected chi connectivity index (χ0v) is 11.5. The van der Waals surface area contributed by atoms with Crippen LogP contribution in [0.25, 0.3) is 11.0 Å². The Morgan fingerprint density at radius 2 is 1.90 bits per heavy atom. The first-order chi connectivity index (χ1) is 9.65. The lowest BCUT2D eigenvalue weighted by atomic mass is 10.2. The van der Waals surface area contributed by atoms with E-state index in [4.69, 9.17) is 0 Å². The van der Waals surface area contributed by atoms with Gasteiger partial charge in [-0.3, -0.25) is 9.78 Å². The third kappa shape index (κ3) is 2.20. The first-order valence-corrected chi connectivity index (χ1v) is 6.52. The number of aryl methyl sites for hydroxylation is 2. The highest BCUT2D eigenvalue weighted by molar-refractivity contribution is 5.95. The van der Waals surface area contributed by atoms with E-state index in [1.807, 2.05) is 54.9 Å².